The van der Waals surface area contributed by atoms with Gasteiger partial charge in [-0.15, -0.1) is 0 Å². The van der Waals surface area contributed by atoms with Crippen LogP contribution in [-0.2, 0) is 0 Å². The molecule has 20 heavy (non-hydrogen) atoms. The van der Waals surface area contributed by atoms with Crippen LogP contribution in [0.2, 0.25) is 0 Å². The fraction of sp³-hybridized carbons (Fsp3) is 0.0526. The van der Waals surface area contributed by atoms with Gasteiger partial charge in [0.2, 0.25) is 0 Å². The Balaban J connectivity index is 0.000000205. The van der Waals surface area contributed by atoms with Crippen molar-refractivity contribution in [2.24, 2.45) is 0 Å². The van der Waals surface area contributed by atoms with E-state index in [1.165, 1.54) is 5.56 Å². The van der Waals surface area contributed by atoms with Crippen LogP contribution in [0.25, 0.3) is 11.1 Å². The van der Waals surface area contributed by atoms with E-state index < -0.39 is 0 Å². The van der Waals surface area contributed by atoms with Gasteiger partial charge in [-0.25, -0.2) is 0 Å². The van der Waals surface area contributed by atoms with Gasteiger partial charge in [0.25, 0.3) is 0 Å². The molecule has 1 nitrogen and oxygen atoms in total. The first-order valence-electron chi connectivity index (χ1n) is 6.62. The highest BCUT2D eigenvalue weighted by Gasteiger charge is 1.97. The molecule has 0 saturated heterocycles. The molecular weight excluding hydrogens is 244 g/mol. The second-order valence-electron chi connectivity index (χ2n) is 4.57. The van der Waals surface area contributed by atoms with Crippen LogP contribution in [0.5, 0.6) is 5.75 Å². The number of benzene rings is 3. The Morgan fingerprint density at radius 3 is 1.65 bits per heavy atom. The van der Waals surface area contributed by atoms with E-state index >= 15 is 0 Å². The SMILES string of the molecule is Cc1ccc(-c2cccc(O)c2)cc1.c1ccccc1. The first kappa shape index (κ1) is 13.9. The summed E-state index contributed by atoms with van der Waals surface area (Å²) < 4.78 is 0. The third-order valence-electron chi connectivity index (χ3n) is 2.90. The zero-order valence-corrected chi connectivity index (χ0v) is 11.5. The van der Waals surface area contributed by atoms with Gasteiger partial charge in [0.15, 0.2) is 0 Å². The number of aromatic hydroxyl groups is 1. The van der Waals surface area contributed by atoms with E-state index in [0.717, 1.165) is 11.1 Å². The normalized spacial score (nSPS) is 9.45. The minimum absolute atomic E-state index is 0.308. The molecule has 0 bridgehead atoms. The standard InChI is InChI=1S/C13H12O.C6H6/c1-10-5-7-11(8-6-10)12-3-2-4-13(14)9-12;1-2-4-6-5-3-1/h2-9,14H,1H3;1-6H. The molecule has 1 heteroatoms. The Morgan fingerprint density at radius 2 is 1.15 bits per heavy atom. The van der Waals surface area contributed by atoms with E-state index in [2.05, 4.69) is 31.2 Å². The quantitative estimate of drug-likeness (QED) is 0.650. The number of aryl methyl sites for hydroxylation is 1. The average molecular weight is 262 g/mol. The fourth-order valence-electron chi connectivity index (χ4n) is 1.82. The summed E-state index contributed by atoms with van der Waals surface area (Å²) in [7, 11) is 0. The first-order valence-corrected chi connectivity index (χ1v) is 6.62. The number of hydrogen-bond acceptors (Lipinski definition) is 1. The predicted octanol–water partition coefficient (Wildman–Crippen LogP) is 5.05. The smallest absolute Gasteiger partial charge is 0.116 e. The highest BCUT2D eigenvalue weighted by Crippen LogP contribution is 2.23. The Morgan fingerprint density at radius 1 is 0.600 bits per heavy atom. The van der Waals surface area contributed by atoms with Crippen molar-refractivity contribution in [3.05, 3.63) is 90.5 Å². The molecule has 100 valence electrons. The van der Waals surface area contributed by atoms with Crippen molar-refractivity contribution < 1.29 is 5.11 Å². The fourth-order valence-corrected chi connectivity index (χ4v) is 1.82. The van der Waals surface area contributed by atoms with Crippen LogP contribution >= 0.6 is 0 Å². The molecule has 0 aromatic heterocycles. The van der Waals surface area contributed by atoms with Crippen LogP contribution < -0.4 is 0 Å². The zero-order valence-electron chi connectivity index (χ0n) is 11.5. The Kier molecular flexibility index (Phi) is 4.96. The second kappa shape index (κ2) is 7.15. The van der Waals surface area contributed by atoms with Crippen LogP contribution in [-0.4, -0.2) is 5.11 Å². The molecule has 0 radical (unpaired) electrons. The third kappa shape index (κ3) is 4.29. The van der Waals surface area contributed by atoms with Gasteiger partial charge in [0.1, 0.15) is 5.75 Å². The van der Waals surface area contributed by atoms with E-state index in [9.17, 15) is 5.11 Å². The van der Waals surface area contributed by atoms with Gasteiger partial charge < -0.3 is 5.11 Å². The Bertz CT molecular complexity index is 601. The summed E-state index contributed by atoms with van der Waals surface area (Å²) in [5.74, 6) is 0.308. The van der Waals surface area contributed by atoms with Crippen LogP contribution in [0.1, 0.15) is 5.56 Å². The van der Waals surface area contributed by atoms with Gasteiger partial charge in [0, 0.05) is 0 Å². The summed E-state index contributed by atoms with van der Waals surface area (Å²) in [6, 6.07) is 27.5. The van der Waals surface area contributed by atoms with Crippen molar-refractivity contribution in [2.45, 2.75) is 6.92 Å². The van der Waals surface area contributed by atoms with Crippen LogP contribution in [0, 0.1) is 6.92 Å². The number of phenolic OH excluding ortho intramolecular Hbond substituents is 1. The van der Waals surface area contributed by atoms with Gasteiger partial charge >= 0.3 is 0 Å². The summed E-state index contributed by atoms with van der Waals surface area (Å²) in [6.07, 6.45) is 0. The van der Waals surface area contributed by atoms with E-state index in [1.54, 1.807) is 12.1 Å². The highest BCUT2D eigenvalue weighted by atomic mass is 16.3. The number of rotatable bonds is 1. The Hall–Kier alpha value is -2.54. The van der Waals surface area contributed by atoms with Crippen molar-refractivity contribution in [1.29, 1.82) is 0 Å². The molecule has 1 N–H and O–H groups in total. The zero-order chi connectivity index (χ0) is 14.2. The molecular formula is C19H18O. The van der Waals surface area contributed by atoms with Crippen LogP contribution in [0.15, 0.2) is 84.9 Å². The van der Waals surface area contributed by atoms with E-state index in [0.29, 0.717) is 5.75 Å². The minimum Gasteiger partial charge on any atom is -0.508 e. The Labute approximate surface area is 120 Å². The second-order valence-corrected chi connectivity index (χ2v) is 4.57. The number of hydrogen-bond donors (Lipinski definition) is 1. The largest absolute Gasteiger partial charge is 0.508 e. The molecule has 0 aliphatic rings. The lowest BCUT2D eigenvalue weighted by molar-refractivity contribution is 0.475. The molecule has 0 saturated carbocycles. The monoisotopic (exact) mass is 262 g/mol. The molecule has 3 aromatic carbocycles. The summed E-state index contributed by atoms with van der Waals surface area (Å²) in [5, 5.41) is 9.33. The van der Waals surface area contributed by atoms with Gasteiger partial charge in [-0.1, -0.05) is 78.4 Å². The molecule has 3 rings (SSSR count). The van der Waals surface area contributed by atoms with Crippen LogP contribution in [0.4, 0.5) is 0 Å². The van der Waals surface area contributed by atoms with Gasteiger partial charge in [-0.2, -0.15) is 0 Å². The molecule has 0 unspecified atom stereocenters. The lowest BCUT2D eigenvalue weighted by Gasteiger charge is -2.02. The lowest BCUT2D eigenvalue weighted by Crippen LogP contribution is -1.77. The summed E-state index contributed by atoms with van der Waals surface area (Å²) in [5.41, 5.74) is 3.42. The summed E-state index contributed by atoms with van der Waals surface area (Å²) in [6.45, 7) is 2.06. The van der Waals surface area contributed by atoms with E-state index in [4.69, 9.17) is 0 Å². The van der Waals surface area contributed by atoms with Crippen molar-refractivity contribution in [2.75, 3.05) is 0 Å². The van der Waals surface area contributed by atoms with Crippen LogP contribution in [0.3, 0.4) is 0 Å². The van der Waals surface area contributed by atoms with E-state index in [1.807, 2.05) is 48.5 Å². The summed E-state index contributed by atoms with van der Waals surface area (Å²) in [4.78, 5) is 0. The third-order valence-corrected chi connectivity index (χ3v) is 2.90. The maximum Gasteiger partial charge on any atom is 0.116 e. The molecule has 0 aliphatic heterocycles. The lowest BCUT2D eigenvalue weighted by atomic mass is 10.0. The first-order chi connectivity index (χ1) is 9.75. The maximum atomic E-state index is 9.33. The van der Waals surface area contributed by atoms with Crippen molar-refractivity contribution in [1.82, 2.24) is 0 Å². The van der Waals surface area contributed by atoms with Gasteiger partial charge in [-0.05, 0) is 30.2 Å². The maximum absolute atomic E-state index is 9.33. The molecule has 0 atom stereocenters. The highest BCUT2D eigenvalue weighted by molar-refractivity contribution is 5.65. The van der Waals surface area contributed by atoms with Gasteiger partial charge in [0.05, 0.1) is 0 Å². The minimum atomic E-state index is 0.308. The topological polar surface area (TPSA) is 20.2 Å². The average Bonchev–Trinajstić information content (AvgIpc) is 2.50. The summed E-state index contributed by atoms with van der Waals surface area (Å²) >= 11 is 0. The molecule has 0 spiro atoms. The molecule has 3 aromatic rings. The van der Waals surface area contributed by atoms with E-state index in [-0.39, 0.29) is 0 Å². The van der Waals surface area contributed by atoms with Crippen molar-refractivity contribution in [3.8, 4) is 16.9 Å². The van der Waals surface area contributed by atoms with Gasteiger partial charge in [-0.3, -0.25) is 0 Å². The molecule has 0 fully saturated rings. The molecule has 0 amide bonds. The number of phenols is 1. The van der Waals surface area contributed by atoms with Crippen molar-refractivity contribution in [3.63, 3.8) is 0 Å². The molecule has 0 heterocycles. The molecule has 0 aliphatic carbocycles. The predicted molar refractivity (Wildman–Crippen MR) is 84.7 cm³/mol. The van der Waals surface area contributed by atoms with Crippen molar-refractivity contribution >= 4 is 0 Å².